The molecule has 1 amide bonds. The summed E-state index contributed by atoms with van der Waals surface area (Å²) >= 11 is 0. The summed E-state index contributed by atoms with van der Waals surface area (Å²) in [6.45, 7) is 2.58. The summed E-state index contributed by atoms with van der Waals surface area (Å²) in [7, 11) is 0. The first-order chi connectivity index (χ1) is 14.6. The van der Waals surface area contributed by atoms with E-state index in [2.05, 4.69) is 26.9 Å². The van der Waals surface area contributed by atoms with Gasteiger partial charge < -0.3 is 14.9 Å². The van der Waals surface area contributed by atoms with Gasteiger partial charge in [-0.05, 0) is 74.8 Å². The molecule has 6 nitrogen and oxygen atoms in total. The van der Waals surface area contributed by atoms with Crippen molar-refractivity contribution in [1.29, 1.82) is 0 Å². The maximum absolute atomic E-state index is 13.5. The minimum atomic E-state index is -0.264. The van der Waals surface area contributed by atoms with Gasteiger partial charge in [-0.3, -0.25) is 9.78 Å². The molecule has 5 rings (SSSR count). The fourth-order valence-electron chi connectivity index (χ4n) is 5.56. The summed E-state index contributed by atoms with van der Waals surface area (Å²) in [5.74, 6) is 1.29. The highest BCUT2D eigenvalue weighted by molar-refractivity contribution is 5.86. The Morgan fingerprint density at radius 1 is 0.967 bits per heavy atom. The Balaban J connectivity index is 1.29. The molecule has 0 aromatic carbocycles. The zero-order valence-corrected chi connectivity index (χ0v) is 17.4. The molecule has 2 aromatic rings. The molecule has 158 valence electrons. The number of nitrogens with zero attached hydrogens (tertiary/aromatic N) is 4. The van der Waals surface area contributed by atoms with Crippen LogP contribution in [0.3, 0.4) is 0 Å². The number of pyridine rings is 2. The van der Waals surface area contributed by atoms with Gasteiger partial charge in [0.15, 0.2) is 0 Å². The zero-order chi connectivity index (χ0) is 20.6. The molecule has 3 fully saturated rings. The van der Waals surface area contributed by atoms with Crippen LogP contribution in [0.5, 0.6) is 0 Å². The van der Waals surface area contributed by atoms with Gasteiger partial charge in [0.05, 0.1) is 11.5 Å². The van der Waals surface area contributed by atoms with Gasteiger partial charge in [0, 0.05) is 49.8 Å². The van der Waals surface area contributed by atoms with E-state index in [9.17, 15) is 9.90 Å². The summed E-state index contributed by atoms with van der Waals surface area (Å²) in [4.78, 5) is 26.7. The smallest absolute Gasteiger partial charge is 0.230 e. The van der Waals surface area contributed by atoms with E-state index in [1.54, 1.807) is 12.4 Å². The molecule has 1 aliphatic carbocycles. The summed E-state index contributed by atoms with van der Waals surface area (Å²) < 4.78 is 0. The Morgan fingerprint density at radius 3 is 2.50 bits per heavy atom. The number of amides is 1. The van der Waals surface area contributed by atoms with Crippen LogP contribution in [0.25, 0.3) is 11.1 Å². The minimum absolute atomic E-state index is 0.181. The molecule has 1 spiro atoms. The Labute approximate surface area is 177 Å². The van der Waals surface area contributed by atoms with Gasteiger partial charge in [0.2, 0.25) is 5.91 Å². The van der Waals surface area contributed by atoms with Crippen molar-refractivity contribution >= 4 is 11.7 Å². The molecule has 0 bridgehead atoms. The summed E-state index contributed by atoms with van der Waals surface area (Å²) in [6.07, 6.45) is 11.8. The fraction of sp³-hybridized carbons (Fsp3) is 0.542. The first-order valence-corrected chi connectivity index (χ1v) is 11.3. The monoisotopic (exact) mass is 406 g/mol. The van der Waals surface area contributed by atoms with Crippen LogP contribution in [0.4, 0.5) is 5.82 Å². The number of aliphatic hydroxyl groups excluding tert-OH is 1. The van der Waals surface area contributed by atoms with Gasteiger partial charge in [-0.15, -0.1) is 0 Å². The Morgan fingerprint density at radius 2 is 1.77 bits per heavy atom. The van der Waals surface area contributed by atoms with Crippen molar-refractivity contribution in [3.63, 3.8) is 0 Å². The number of carbonyl (C=O) groups is 1. The summed E-state index contributed by atoms with van der Waals surface area (Å²) in [5, 5.41) is 9.81. The Kier molecular flexibility index (Phi) is 5.19. The molecule has 3 aliphatic rings. The number of aromatic nitrogens is 2. The highest BCUT2D eigenvalue weighted by Crippen LogP contribution is 2.43. The average molecular weight is 407 g/mol. The van der Waals surface area contributed by atoms with Gasteiger partial charge >= 0.3 is 0 Å². The van der Waals surface area contributed by atoms with Crippen molar-refractivity contribution in [3.8, 4) is 11.1 Å². The van der Waals surface area contributed by atoms with E-state index in [0.29, 0.717) is 11.9 Å². The second-order valence-corrected chi connectivity index (χ2v) is 9.16. The second-order valence-electron chi connectivity index (χ2n) is 9.16. The average Bonchev–Trinajstić information content (AvgIpc) is 3.10. The molecular formula is C24H30N4O2. The lowest BCUT2D eigenvalue weighted by Crippen LogP contribution is -2.50. The van der Waals surface area contributed by atoms with E-state index in [0.717, 1.165) is 81.5 Å². The fourth-order valence-corrected chi connectivity index (χ4v) is 5.56. The number of carbonyl (C=O) groups excluding carboxylic acids is 1. The van der Waals surface area contributed by atoms with Crippen molar-refractivity contribution in [1.82, 2.24) is 14.9 Å². The van der Waals surface area contributed by atoms with Gasteiger partial charge in [-0.1, -0.05) is 0 Å². The van der Waals surface area contributed by atoms with Crippen molar-refractivity contribution in [2.75, 3.05) is 24.5 Å². The third kappa shape index (κ3) is 3.58. The van der Waals surface area contributed by atoms with Crippen LogP contribution in [-0.4, -0.2) is 57.7 Å². The predicted octanol–water partition coefficient (Wildman–Crippen LogP) is 3.27. The third-order valence-electron chi connectivity index (χ3n) is 7.32. The largest absolute Gasteiger partial charge is 0.393 e. The zero-order valence-electron chi connectivity index (χ0n) is 17.4. The van der Waals surface area contributed by atoms with Crippen LogP contribution in [0.2, 0.25) is 0 Å². The van der Waals surface area contributed by atoms with Crippen LogP contribution < -0.4 is 4.90 Å². The van der Waals surface area contributed by atoms with E-state index < -0.39 is 0 Å². The van der Waals surface area contributed by atoms with E-state index in [1.165, 1.54) is 0 Å². The van der Waals surface area contributed by atoms with Crippen LogP contribution >= 0.6 is 0 Å². The first-order valence-electron chi connectivity index (χ1n) is 11.3. The van der Waals surface area contributed by atoms with E-state index >= 15 is 0 Å². The van der Waals surface area contributed by atoms with E-state index in [-0.39, 0.29) is 11.5 Å². The SMILES string of the molecule is O=C1N([C@H]2CC[C@H](O)CC2)CC[C@]12CCCN(c1ccc(-c3ccncc3)cn1)C2. The standard InChI is InChI=1S/C24H30N4O2/c29-21-5-3-20(4-6-21)28-15-11-24(23(28)30)10-1-14-27(17-24)22-7-2-19(16-26-22)18-8-12-25-13-9-18/h2,7-9,12-13,16,20-21,29H,1,3-6,10-11,14-15,17H2/t20-,21-,24-/m0/s1. The molecular weight excluding hydrogens is 376 g/mol. The van der Waals surface area contributed by atoms with Gasteiger partial charge in [0.1, 0.15) is 5.82 Å². The maximum Gasteiger partial charge on any atom is 0.230 e. The van der Waals surface area contributed by atoms with Crippen LogP contribution in [0.1, 0.15) is 44.9 Å². The van der Waals surface area contributed by atoms with Crippen molar-refractivity contribution in [3.05, 3.63) is 42.9 Å². The normalized spacial score (nSPS) is 29.6. The van der Waals surface area contributed by atoms with E-state index in [4.69, 9.17) is 4.98 Å². The molecule has 0 unspecified atom stereocenters. The molecule has 30 heavy (non-hydrogen) atoms. The number of piperidine rings is 1. The van der Waals surface area contributed by atoms with Crippen LogP contribution in [0, 0.1) is 5.41 Å². The summed E-state index contributed by atoms with van der Waals surface area (Å²) in [5.41, 5.74) is 1.92. The lowest BCUT2D eigenvalue weighted by molar-refractivity contribution is -0.139. The van der Waals surface area contributed by atoms with Gasteiger partial charge in [-0.2, -0.15) is 0 Å². The quantitative estimate of drug-likeness (QED) is 0.847. The van der Waals surface area contributed by atoms with Crippen molar-refractivity contribution < 1.29 is 9.90 Å². The topological polar surface area (TPSA) is 69.6 Å². The molecule has 6 heteroatoms. The second kappa shape index (κ2) is 7.99. The molecule has 4 heterocycles. The number of hydrogen-bond acceptors (Lipinski definition) is 5. The molecule has 1 N–H and O–H groups in total. The van der Waals surface area contributed by atoms with Crippen molar-refractivity contribution in [2.45, 2.75) is 57.1 Å². The Hall–Kier alpha value is -2.47. The Bertz CT molecular complexity index is 880. The van der Waals surface area contributed by atoms with Gasteiger partial charge in [0.25, 0.3) is 0 Å². The summed E-state index contributed by atoms with van der Waals surface area (Å²) in [6, 6.07) is 8.47. The third-order valence-corrected chi connectivity index (χ3v) is 7.32. The first kappa shape index (κ1) is 19.5. The van der Waals surface area contributed by atoms with Gasteiger partial charge in [-0.25, -0.2) is 4.98 Å². The van der Waals surface area contributed by atoms with Crippen molar-refractivity contribution in [2.24, 2.45) is 5.41 Å². The molecule has 0 radical (unpaired) electrons. The number of aliphatic hydroxyl groups is 1. The molecule has 1 saturated carbocycles. The predicted molar refractivity (Wildman–Crippen MR) is 116 cm³/mol. The highest BCUT2D eigenvalue weighted by atomic mass is 16.3. The number of anilines is 1. The molecule has 1 atom stereocenters. The van der Waals surface area contributed by atoms with Crippen LogP contribution in [-0.2, 0) is 4.79 Å². The molecule has 2 saturated heterocycles. The highest BCUT2D eigenvalue weighted by Gasteiger charge is 2.50. The van der Waals surface area contributed by atoms with Crippen LogP contribution in [0.15, 0.2) is 42.9 Å². The minimum Gasteiger partial charge on any atom is -0.393 e. The maximum atomic E-state index is 13.5. The van der Waals surface area contributed by atoms with E-state index in [1.807, 2.05) is 18.3 Å². The lowest BCUT2D eigenvalue weighted by Gasteiger charge is -2.41. The number of hydrogen-bond donors (Lipinski definition) is 1. The molecule has 2 aliphatic heterocycles. The number of rotatable bonds is 3. The lowest BCUT2D eigenvalue weighted by atomic mass is 9.78. The molecule has 2 aromatic heterocycles. The number of likely N-dealkylation sites (tertiary alicyclic amines) is 1.